The lowest BCUT2D eigenvalue weighted by molar-refractivity contribution is 0.0480. The van der Waals surface area contributed by atoms with Crippen LogP contribution >= 0.6 is 0 Å². The average Bonchev–Trinajstić information content (AvgIpc) is 3.01. The number of benzene rings is 5. The van der Waals surface area contributed by atoms with Crippen LogP contribution in [0.15, 0.2) is 103 Å². The van der Waals surface area contributed by atoms with Crippen LogP contribution in [0, 0.1) is 6.92 Å². The van der Waals surface area contributed by atoms with E-state index in [0.29, 0.717) is 12.2 Å². The Morgan fingerprint density at radius 3 is 2.07 bits per heavy atom. The highest BCUT2D eigenvalue weighted by Gasteiger charge is 2.51. The van der Waals surface area contributed by atoms with E-state index in [0.717, 1.165) is 51.7 Å². The van der Waals surface area contributed by atoms with Gasteiger partial charge in [0, 0.05) is 23.2 Å². The van der Waals surface area contributed by atoms with E-state index < -0.39 is 13.5 Å². The van der Waals surface area contributed by atoms with Gasteiger partial charge in [0.2, 0.25) is 0 Å². The van der Waals surface area contributed by atoms with Crippen molar-refractivity contribution in [1.82, 2.24) is 0 Å². The summed E-state index contributed by atoms with van der Waals surface area (Å²) < 4.78 is 12.0. The fraction of sp³-hybridized carbons (Fsp3) is 0.184. The first-order valence-corrected chi connectivity index (χ1v) is 18.5. The fourth-order valence-corrected chi connectivity index (χ4v) is 8.37. The van der Waals surface area contributed by atoms with Crippen molar-refractivity contribution in [2.45, 2.75) is 38.4 Å². The third-order valence-corrected chi connectivity index (χ3v) is 11.3. The summed E-state index contributed by atoms with van der Waals surface area (Å²) in [7, 11) is -1.70. The number of para-hydroxylation sites is 2. The summed E-state index contributed by atoms with van der Waals surface area (Å²) in [6.45, 7) is 9.81. The number of aryl methyl sites for hydroxylation is 1. The van der Waals surface area contributed by atoms with Crippen molar-refractivity contribution in [3.05, 3.63) is 142 Å². The molecule has 5 aromatic rings. The average molecular weight is 580 g/mol. The molecule has 3 heterocycles. The minimum Gasteiger partial charge on any atom is -0.462 e. The van der Waals surface area contributed by atoms with Crippen LogP contribution in [0.4, 0.5) is 17.1 Å². The maximum Gasteiger partial charge on any atom is 0.338 e. The summed E-state index contributed by atoms with van der Waals surface area (Å²) in [5, 5.41) is 1.40. The third kappa shape index (κ3) is 3.71. The van der Waals surface area contributed by atoms with Gasteiger partial charge in [0.15, 0.2) is 0 Å². The molecule has 0 unspecified atom stereocenters. The number of hydrogen-bond acceptors (Lipinski definition) is 4. The number of nitrogens with zero attached hydrogens (tertiary/aromatic N) is 1. The maximum absolute atomic E-state index is 12.9. The first-order valence-electron chi connectivity index (χ1n) is 15.0. The molecule has 0 saturated heterocycles. The van der Waals surface area contributed by atoms with Crippen molar-refractivity contribution >= 4 is 36.3 Å². The number of ether oxygens (including phenoxy) is 2. The Morgan fingerprint density at radius 2 is 1.37 bits per heavy atom. The van der Waals surface area contributed by atoms with Crippen LogP contribution in [0.3, 0.4) is 0 Å². The van der Waals surface area contributed by atoms with Gasteiger partial charge in [-0.05, 0) is 60.0 Å². The van der Waals surface area contributed by atoms with E-state index >= 15 is 0 Å². The van der Waals surface area contributed by atoms with E-state index in [-0.39, 0.29) is 5.97 Å². The predicted molar refractivity (Wildman–Crippen MR) is 175 cm³/mol. The summed E-state index contributed by atoms with van der Waals surface area (Å²) in [6, 6.07) is 37.1. The quantitative estimate of drug-likeness (QED) is 0.152. The second-order valence-corrected chi connectivity index (χ2v) is 18.0. The number of esters is 1. The molecule has 4 nitrogen and oxygen atoms in total. The van der Waals surface area contributed by atoms with Gasteiger partial charge in [0.25, 0.3) is 0 Å². The standard InChI is InChI=1S/C38H33NO3Si/c1-24-13-17-33-31(21-24)38(29-9-5-7-11-35(29)42-36-12-8-6-10-30(36)38)32-23-27(43(2,3)4)16-18-34(32)39(33)26-15-14-25-19-20-41-37(40)28(25)22-26/h5-18,21-23H,19-20H2,1-4H3. The van der Waals surface area contributed by atoms with Crippen LogP contribution in [0.25, 0.3) is 0 Å². The van der Waals surface area contributed by atoms with Gasteiger partial charge >= 0.3 is 5.97 Å². The Bertz CT molecular complexity index is 1930. The van der Waals surface area contributed by atoms with Crippen LogP contribution in [-0.4, -0.2) is 20.7 Å². The first kappa shape index (κ1) is 26.0. The van der Waals surface area contributed by atoms with E-state index in [1.807, 2.05) is 6.07 Å². The van der Waals surface area contributed by atoms with Gasteiger partial charge in [0.1, 0.15) is 11.5 Å². The highest BCUT2D eigenvalue weighted by atomic mass is 28.3. The molecular formula is C38H33NO3Si. The number of carbonyl (C=O) groups excluding carboxylic acids is 1. The van der Waals surface area contributed by atoms with Gasteiger partial charge in [-0.3, -0.25) is 0 Å². The molecule has 0 bridgehead atoms. The Morgan fingerprint density at radius 1 is 0.721 bits per heavy atom. The number of rotatable bonds is 2. The molecule has 3 aliphatic heterocycles. The second-order valence-electron chi connectivity index (χ2n) is 12.9. The van der Waals surface area contributed by atoms with Crippen LogP contribution in [0.5, 0.6) is 11.5 Å². The molecule has 3 aliphatic rings. The lowest BCUT2D eigenvalue weighted by Gasteiger charge is -2.49. The third-order valence-electron chi connectivity index (χ3n) is 9.28. The molecule has 5 heteroatoms. The summed E-state index contributed by atoms with van der Waals surface area (Å²) in [6.07, 6.45) is 0.740. The normalized spacial score (nSPS) is 15.8. The number of anilines is 3. The number of hydrogen-bond donors (Lipinski definition) is 0. The van der Waals surface area contributed by atoms with Gasteiger partial charge in [-0.1, -0.05) is 97.1 Å². The number of fused-ring (bicyclic) bond motifs is 9. The number of cyclic esters (lactones) is 1. The molecule has 8 rings (SSSR count). The zero-order chi connectivity index (χ0) is 29.5. The molecule has 43 heavy (non-hydrogen) atoms. The monoisotopic (exact) mass is 579 g/mol. The largest absolute Gasteiger partial charge is 0.462 e. The fourth-order valence-electron chi connectivity index (χ4n) is 7.21. The van der Waals surface area contributed by atoms with Crippen LogP contribution in [-0.2, 0) is 16.6 Å². The second kappa shape index (κ2) is 9.19. The lowest BCUT2D eigenvalue weighted by Crippen LogP contribution is -2.43. The molecule has 0 aromatic heterocycles. The Labute approximate surface area is 253 Å². The van der Waals surface area contributed by atoms with Gasteiger partial charge < -0.3 is 14.4 Å². The van der Waals surface area contributed by atoms with Gasteiger partial charge in [0.05, 0.1) is 37.0 Å². The molecule has 0 amide bonds. The van der Waals surface area contributed by atoms with Crippen molar-refractivity contribution < 1.29 is 14.3 Å². The summed E-state index contributed by atoms with van der Waals surface area (Å²) in [5.74, 6) is 1.51. The Kier molecular flexibility index (Phi) is 5.57. The van der Waals surface area contributed by atoms with Crippen molar-refractivity contribution in [2.24, 2.45) is 0 Å². The SMILES string of the molecule is Cc1ccc2c(c1)C1(c3ccccc3Oc3ccccc31)c1cc([Si](C)(C)C)ccc1N2c1ccc2c(c1)C(=O)OCC2. The van der Waals surface area contributed by atoms with Crippen LogP contribution in [0.1, 0.15) is 43.7 Å². The highest BCUT2D eigenvalue weighted by Crippen LogP contribution is 2.62. The zero-order valence-corrected chi connectivity index (χ0v) is 25.9. The molecular weight excluding hydrogens is 547 g/mol. The summed E-state index contributed by atoms with van der Waals surface area (Å²) >= 11 is 0. The van der Waals surface area contributed by atoms with Crippen LogP contribution in [0.2, 0.25) is 19.6 Å². The van der Waals surface area contributed by atoms with Gasteiger partial charge in [-0.2, -0.15) is 0 Å². The topological polar surface area (TPSA) is 38.8 Å². The van der Waals surface area contributed by atoms with E-state index in [2.05, 4.69) is 129 Å². The zero-order valence-electron chi connectivity index (χ0n) is 24.9. The van der Waals surface area contributed by atoms with Crippen molar-refractivity contribution in [1.29, 1.82) is 0 Å². The Balaban J connectivity index is 1.52. The summed E-state index contributed by atoms with van der Waals surface area (Å²) in [5.41, 5.74) is 10.2. The molecule has 0 fully saturated rings. The Hall–Kier alpha value is -4.61. The molecule has 0 N–H and O–H groups in total. The predicted octanol–water partition coefficient (Wildman–Crippen LogP) is 8.52. The van der Waals surface area contributed by atoms with Crippen molar-refractivity contribution in [2.75, 3.05) is 11.5 Å². The molecule has 1 spiro atoms. The first-order chi connectivity index (χ1) is 20.8. The number of carbonyl (C=O) groups is 1. The lowest BCUT2D eigenvalue weighted by atomic mass is 9.61. The van der Waals surface area contributed by atoms with Crippen molar-refractivity contribution in [3.8, 4) is 11.5 Å². The molecule has 0 radical (unpaired) electrons. The van der Waals surface area contributed by atoms with E-state index in [1.54, 1.807) is 0 Å². The molecule has 0 aliphatic carbocycles. The van der Waals surface area contributed by atoms with Crippen LogP contribution < -0.4 is 14.8 Å². The smallest absolute Gasteiger partial charge is 0.338 e. The summed E-state index contributed by atoms with van der Waals surface area (Å²) in [4.78, 5) is 15.2. The van der Waals surface area contributed by atoms with Gasteiger partial charge in [-0.25, -0.2) is 4.79 Å². The molecule has 0 saturated carbocycles. The highest BCUT2D eigenvalue weighted by molar-refractivity contribution is 6.88. The maximum atomic E-state index is 12.9. The van der Waals surface area contributed by atoms with Crippen molar-refractivity contribution in [3.63, 3.8) is 0 Å². The minimum atomic E-state index is -1.70. The van der Waals surface area contributed by atoms with E-state index in [1.165, 1.54) is 21.9 Å². The van der Waals surface area contributed by atoms with E-state index in [9.17, 15) is 4.79 Å². The van der Waals surface area contributed by atoms with Gasteiger partial charge in [-0.15, -0.1) is 0 Å². The minimum absolute atomic E-state index is 0.248. The molecule has 5 aromatic carbocycles. The molecule has 212 valence electrons. The van der Waals surface area contributed by atoms with E-state index in [4.69, 9.17) is 9.47 Å². The molecule has 0 atom stereocenters.